The Kier molecular flexibility index (Phi) is 3.61. The number of hydrogen-bond donors (Lipinski definition) is 1. The van der Waals surface area contributed by atoms with Crippen molar-refractivity contribution in [2.75, 3.05) is 5.32 Å². The molecule has 0 aliphatic heterocycles. The Morgan fingerprint density at radius 1 is 1.14 bits per heavy atom. The van der Waals surface area contributed by atoms with Gasteiger partial charge in [0, 0.05) is 5.56 Å². The summed E-state index contributed by atoms with van der Waals surface area (Å²) in [7, 11) is 0. The lowest BCUT2D eigenvalue weighted by Crippen LogP contribution is -2.14. The number of carbonyl (C=O) groups excluding carboxylic acids is 1. The van der Waals surface area contributed by atoms with E-state index in [-0.39, 0.29) is 11.7 Å². The molecule has 1 N–H and O–H groups in total. The summed E-state index contributed by atoms with van der Waals surface area (Å²) in [6.45, 7) is 0. The Morgan fingerprint density at radius 3 is 2.73 bits per heavy atom. The molecular weight excluding hydrogens is 292 g/mol. The van der Waals surface area contributed by atoms with Gasteiger partial charge in [0.2, 0.25) is 0 Å². The normalized spacial score (nSPS) is 10.5. The van der Waals surface area contributed by atoms with Gasteiger partial charge in [0.25, 0.3) is 5.91 Å². The van der Waals surface area contributed by atoms with Gasteiger partial charge in [-0.15, -0.1) is 0 Å². The molecule has 2 aromatic heterocycles. The molecule has 0 bridgehead atoms. The van der Waals surface area contributed by atoms with Crippen molar-refractivity contribution >= 4 is 11.9 Å². The van der Waals surface area contributed by atoms with Crippen molar-refractivity contribution in [3.63, 3.8) is 0 Å². The highest BCUT2D eigenvalue weighted by Gasteiger charge is 2.12. The van der Waals surface area contributed by atoms with Crippen LogP contribution in [-0.2, 0) is 0 Å². The van der Waals surface area contributed by atoms with E-state index < -0.39 is 17.5 Å². The molecular formula is C15H9F2N3O2. The third-order valence-corrected chi connectivity index (χ3v) is 2.85. The molecule has 3 rings (SSSR count). The molecule has 1 amide bonds. The van der Waals surface area contributed by atoms with E-state index in [1.807, 2.05) is 0 Å². The van der Waals surface area contributed by atoms with Crippen LogP contribution in [0.25, 0.3) is 11.3 Å². The lowest BCUT2D eigenvalue weighted by atomic mass is 10.1. The molecule has 5 nitrogen and oxygen atoms in total. The molecule has 7 heteroatoms. The van der Waals surface area contributed by atoms with Crippen LogP contribution in [0.5, 0.6) is 0 Å². The van der Waals surface area contributed by atoms with Gasteiger partial charge in [-0.1, -0.05) is 6.07 Å². The highest BCUT2D eigenvalue weighted by molar-refractivity contribution is 6.01. The SMILES string of the molecule is O=C(Nc1ncco1)c1cccc(-c2ccc(F)c(F)c2)n1. The number of halogens is 2. The summed E-state index contributed by atoms with van der Waals surface area (Å²) in [6.07, 6.45) is 2.71. The maximum absolute atomic E-state index is 13.3. The number of pyridine rings is 1. The Balaban J connectivity index is 1.88. The number of oxazole rings is 1. The Bertz CT molecular complexity index is 819. The van der Waals surface area contributed by atoms with Gasteiger partial charge in [0.15, 0.2) is 11.6 Å². The van der Waals surface area contributed by atoms with Gasteiger partial charge in [-0.3, -0.25) is 10.1 Å². The summed E-state index contributed by atoms with van der Waals surface area (Å²) in [4.78, 5) is 19.9. The minimum absolute atomic E-state index is 0.0463. The first-order valence-corrected chi connectivity index (χ1v) is 6.27. The molecule has 0 fully saturated rings. The molecule has 3 aromatic rings. The van der Waals surface area contributed by atoms with Gasteiger partial charge >= 0.3 is 6.01 Å². The van der Waals surface area contributed by atoms with Gasteiger partial charge in [0.05, 0.1) is 11.9 Å². The van der Waals surface area contributed by atoms with Crippen molar-refractivity contribution in [3.05, 3.63) is 66.2 Å². The van der Waals surface area contributed by atoms with Crippen molar-refractivity contribution in [2.24, 2.45) is 0 Å². The zero-order valence-electron chi connectivity index (χ0n) is 11.1. The topological polar surface area (TPSA) is 68.0 Å². The van der Waals surface area contributed by atoms with Crippen molar-refractivity contribution in [1.29, 1.82) is 0 Å². The summed E-state index contributed by atoms with van der Waals surface area (Å²) >= 11 is 0. The van der Waals surface area contributed by atoms with Gasteiger partial charge in [0.1, 0.15) is 12.0 Å². The van der Waals surface area contributed by atoms with E-state index in [1.165, 1.54) is 24.6 Å². The van der Waals surface area contributed by atoms with E-state index in [2.05, 4.69) is 15.3 Å². The number of nitrogens with one attached hydrogen (secondary N) is 1. The van der Waals surface area contributed by atoms with E-state index in [0.29, 0.717) is 11.3 Å². The van der Waals surface area contributed by atoms with Crippen molar-refractivity contribution in [1.82, 2.24) is 9.97 Å². The van der Waals surface area contributed by atoms with E-state index in [9.17, 15) is 13.6 Å². The molecule has 0 saturated carbocycles. The molecule has 2 heterocycles. The Labute approximate surface area is 123 Å². The molecule has 0 aliphatic rings. The van der Waals surface area contributed by atoms with Crippen LogP contribution in [0.4, 0.5) is 14.8 Å². The Hall–Kier alpha value is -3.09. The summed E-state index contributed by atoms with van der Waals surface area (Å²) in [5.41, 5.74) is 0.809. The number of nitrogens with zero attached hydrogens (tertiary/aromatic N) is 2. The van der Waals surface area contributed by atoms with E-state index in [0.717, 1.165) is 12.1 Å². The van der Waals surface area contributed by atoms with Crippen molar-refractivity contribution < 1.29 is 18.0 Å². The molecule has 0 aliphatic carbocycles. The number of rotatable bonds is 3. The predicted octanol–water partition coefficient (Wildman–Crippen LogP) is 3.27. The summed E-state index contributed by atoms with van der Waals surface area (Å²) in [5, 5.41) is 2.42. The third kappa shape index (κ3) is 2.83. The highest BCUT2D eigenvalue weighted by atomic mass is 19.2. The summed E-state index contributed by atoms with van der Waals surface area (Å²) < 4.78 is 31.1. The van der Waals surface area contributed by atoms with Crippen molar-refractivity contribution in [2.45, 2.75) is 0 Å². The summed E-state index contributed by atoms with van der Waals surface area (Å²) in [6, 6.07) is 8.13. The molecule has 0 unspecified atom stereocenters. The number of carbonyl (C=O) groups is 1. The number of benzene rings is 1. The predicted molar refractivity (Wildman–Crippen MR) is 74.0 cm³/mol. The van der Waals surface area contributed by atoms with Gasteiger partial charge in [-0.2, -0.15) is 0 Å². The smallest absolute Gasteiger partial charge is 0.301 e. The first-order chi connectivity index (χ1) is 10.6. The fraction of sp³-hybridized carbons (Fsp3) is 0. The second kappa shape index (κ2) is 5.72. The maximum atomic E-state index is 13.3. The number of anilines is 1. The minimum Gasteiger partial charge on any atom is -0.432 e. The van der Waals surface area contributed by atoms with Gasteiger partial charge in [-0.05, 0) is 30.3 Å². The fourth-order valence-electron chi connectivity index (χ4n) is 1.82. The van der Waals surface area contributed by atoms with Crippen LogP contribution in [0.2, 0.25) is 0 Å². The number of amides is 1. The van der Waals surface area contributed by atoms with E-state index in [4.69, 9.17) is 4.42 Å². The van der Waals surface area contributed by atoms with Crippen LogP contribution in [0, 0.1) is 11.6 Å². The zero-order valence-corrected chi connectivity index (χ0v) is 11.1. The van der Waals surface area contributed by atoms with E-state index in [1.54, 1.807) is 12.1 Å². The fourth-order valence-corrected chi connectivity index (χ4v) is 1.82. The van der Waals surface area contributed by atoms with Crippen molar-refractivity contribution in [3.8, 4) is 11.3 Å². The molecule has 0 atom stereocenters. The first-order valence-electron chi connectivity index (χ1n) is 6.27. The second-order valence-electron chi connectivity index (χ2n) is 4.33. The molecule has 22 heavy (non-hydrogen) atoms. The average Bonchev–Trinajstić information content (AvgIpc) is 3.03. The largest absolute Gasteiger partial charge is 0.432 e. The Morgan fingerprint density at radius 2 is 2.00 bits per heavy atom. The molecule has 1 aromatic carbocycles. The van der Waals surface area contributed by atoms with Gasteiger partial charge in [-0.25, -0.2) is 18.7 Å². The quantitative estimate of drug-likeness (QED) is 0.806. The van der Waals surface area contributed by atoms with Gasteiger partial charge < -0.3 is 4.42 Å². The van der Waals surface area contributed by atoms with Crippen LogP contribution in [-0.4, -0.2) is 15.9 Å². The maximum Gasteiger partial charge on any atom is 0.301 e. The number of hydrogen-bond acceptors (Lipinski definition) is 4. The third-order valence-electron chi connectivity index (χ3n) is 2.85. The summed E-state index contributed by atoms with van der Waals surface area (Å²) in [5.74, 6) is -2.44. The highest BCUT2D eigenvalue weighted by Crippen LogP contribution is 2.20. The first kappa shape index (κ1) is 13.9. The lowest BCUT2D eigenvalue weighted by Gasteiger charge is -2.05. The minimum atomic E-state index is -0.978. The van der Waals surface area contributed by atoms with Crippen LogP contribution in [0.15, 0.2) is 53.3 Å². The zero-order chi connectivity index (χ0) is 15.5. The second-order valence-corrected chi connectivity index (χ2v) is 4.33. The van der Waals surface area contributed by atoms with Crippen LogP contribution in [0.3, 0.4) is 0 Å². The van der Waals surface area contributed by atoms with Crippen LogP contribution >= 0.6 is 0 Å². The van der Waals surface area contributed by atoms with E-state index >= 15 is 0 Å². The lowest BCUT2D eigenvalue weighted by molar-refractivity contribution is 0.101. The average molecular weight is 301 g/mol. The van der Waals surface area contributed by atoms with Crippen LogP contribution < -0.4 is 5.32 Å². The molecule has 0 saturated heterocycles. The molecule has 110 valence electrons. The standard InChI is InChI=1S/C15H9F2N3O2/c16-10-5-4-9(8-11(10)17)12-2-1-3-13(19-12)14(21)20-15-18-6-7-22-15/h1-8H,(H,18,20,21). The number of aromatic nitrogens is 2. The monoisotopic (exact) mass is 301 g/mol. The van der Waals surface area contributed by atoms with Crippen LogP contribution in [0.1, 0.15) is 10.5 Å². The molecule has 0 radical (unpaired) electrons. The molecule has 0 spiro atoms.